The molecule has 3 heterocycles. The number of thiophene rings is 1. The first kappa shape index (κ1) is 15.6. The van der Waals surface area contributed by atoms with Crippen molar-refractivity contribution in [1.29, 1.82) is 0 Å². The van der Waals surface area contributed by atoms with E-state index in [-0.39, 0.29) is 0 Å². The molecule has 5 rings (SSSR count). The highest BCUT2D eigenvalue weighted by atomic mass is 32.1. The van der Waals surface area contributed by atoms with E-state index in [0.717, 1.165) is 24.5 Å². The van der Waals surface area contributed by atoms with Crippen molar-refractivity contribution in [3.8, 4) is 11.4 Å². The summed E-state index contributed by atoms with van der Waals surface area (Å²) in [6.07, 6.45) is 3.10. The van der Waals surface area contributed by atoms with Crippen LogP contribution in [-0.2, 0) is 6.54 Å². The minimum Gasteiger partial charge on any atom is -0.301 e. The molecule has 0 N–H and O–H groups in total. The van der Waals surface area contributed by atoms with Gasteiger partial charge < -0.3 is 4.90 Å². The molecule has 0 amide bonds. The lowest BCUT2D eigenvalue weighted by molar-refractivity contribution is 0.295. The number of benzene rings is 2. The Balaban J connectivity index is 1.59. The van der Waals surface area contributed by atoms with E-state index in [4.69, 9.17) is 0 Å². The standard InChI is InChI=1S/C21H18N4S/c1-25-10-17-8-16(21-23-12-22-13-24-21)4-5-18(17)19(11-25)15-3-2-14-6-7-26-20(14)9-15/h2-9,12-13,19H,10-11H2,1H3. The molecule has 0 saturated carbocycles. The van der Waals surface area contributed by atoms with E-state index in [9.17, 15) is 0 Å². The van der Waals surface area contributed by atoms with Crippen molar-refractivity contribution in [3.63, 3.8) is 0 Å². The highest BCUT2D eigenvalue weighted by Crippen LogP contribution is 2.36. The molecule has 26 heavy (non-hydrogen) atoms. The summed E-state index contributed by atoms with van der Waals surface area (Å²) in [7, 11) is 2.19. The number of nitrogens with zero attached hydrogens (tertiary/aromatic N) is 4. The molecule has 128 valence electrons. The third-order valence-corrected chi connectivity index (χ3v) is 5.97. The number of likely N-dealkylation sites (N-methyl/N-ethyl adjacent to an activating group) is 1. The van der Waals surface area contributed by atoms with Gasteiger partial charge in [-0.15, -0.1) is 11.3 Å². The monoisotopic (exact) mass is 358 g/mol. The van der Waals surface area contributed by atoms with Crippen LogP contribution in [0.15, 0.2) is 60.5 Å². The van der Waals surface area contributed by atoms with Crippen molar-refractivity contribution >= 4 is 21.4 Å². The van der Waals surface area contributed by atoms with Gasteiger partial charge in [-0.1, -0.05) is 24.3 Å². The van der Waals surface area contributed by atoms with Gasteiger partial charge in [-0.3, -0.25) is 0 Å². The second kappa shape index (κ2) is 6.27. The molecule has 1 aliphatic heterocycles. The molecular weight excluding hydrogens is 340 g/mol. The third-order valence-electron chi connectivity index (χ3n) is 5.09. The Morgan fingerprint density at radius 1 is 1.04 bits per heavy atom. The Kier molecular flexibility index (Phi) is 3.76. The maximum Gasteiger partial charge on any atom is 0.162 e. The van der Waals surface area contributed by atoms with E-state index < -0.39 is 0 Å². The van der Waals surface area contributed by atoms with Crippen molar-refractivity contribution < 1.29 is 0 Å². The predicted octanol–water partition coefficient (Wildman–Crippen LogP) is 4.33. The molecule has 0 aliphatic carbocycles. The van der Waals surface area contributed by atoms with Gasteiger partial charge in [0.05, 0.1) is 0 Å². The average Bonchev–Trinajstić information content (AvgIpc) is 3.15. The molecule has 1 unspecified atom stereocenters. The average molecular weight is 358 g/mol. The summed E-state index contributed by atoms with van der Waals surface area (Å²) in [6.45, 7) is 1.99. The Hall–Kier alpha value is -2.63. The molecule has 0 radical (unpaired) electrons. The van der Waals surface area contributed by atoms with Crippen LogP contribution in [0.3, 0.4) is 0 Å². The Morgan fingerprint density at radius 2 is 1.92 bits per heavy atom. The van der Waals surface area contributed by atoms with Gasteiger partial charge in [0.15, 0.2) is 5.82 Å². The Morgan fingerprint density at radius 3 is 2.81 bits per heavy atom. The first-order valence-electron chi connectivity index (χ1n) is 8.69. The van der Waals surface area contributed by atoms with Gasteiger partial charge in [0.25, 0.3) is 0 Å². The molecule has 1 atom stereocenters. The van der Waals surface area contributed by atoms with E-state index in [1.54, 1.807) is 12.7 Å². The highest BCUT2D eigenvalue weighted by Gasteiger charge is 2.25. The maximum absolute atomic E-state index is 4.29. The molecule has 4 aromatic rings. The van der Waals surface area contributed by atoms with Gasteiger partial charge in [0.2, 0.25) is 0 Å². The van der Waals surface area contributed by atoms with Gasteiger partial charge >= 0.3 is 0 Å². The summed E-state index contributed by atoms with van der Waals surface area (Å²) in [5, 5.41) is 3.49. The molecular formula is C21H18N4S. The van der Waals surface area contributed by atoms with Crippen LogP contribution in [0.2, 0.25) is 0 Å². The van der Waals surface area contributed by atoms with Crippen LogP contribution in [0, 0.1) is 0 Å². The number of hydrogen-bond acceptors (Lipinski definition) is 5. The van der Waals surface area contributed by atoms with Crippen molar-refractivity contribution in [2.45, 2.75) is 12.5 Å². The molecule has 0 saturated heterocycles. The van der Waals surface area contributed by atoms with E-state index in [0.29, 0.717) is 5.92 Å². The van der Waals surface area contributed by atoms with Crippen LogP contribution in [-0.4, -0.2) is 33.4 Å². The van der Waals surface area contributed by atoms with Gasteiger partial charge in [0, 0.05) is 29.3 Å². The molecule has 1 aliphatic rings. The number of fused-ring (bicyclic) bond motifs is 2. The molecule has 2 aromatic heterocycles. The topological polar surface area (TPSA) is 41.9 Å². The van der Waals surface area contributed by atoms with Crippen molar-refractivity contribution in [1.82, 2.24) is 19.9 Å². The molecule has 2 aromatic carbocycles. The van der Waals surface area contributed by atoms with Crippen molar-refractivity contribution in [2.75, 3.05) is 13.6 Å². The fourth-order valence-corrected chi connectivity index (χ4v) is 4.69. The van der Waals surface area contributed by atoms with Crippen LogP contribution in [0.5, 0.6) is 0 Å². The lowest BCUT2D eigenvalue weighted by Crippen LogP contribution is -2.31. The second-order valence-corrected chi connectivity index (χ2v) is 7.79. The summed E-state index contributed by atoms with van der Waals surface area (Å²) in [6, 6.07) is 15.7. The molecule has 4 nitrogen and oxygen atoms in total. The zero-order valence-corrected chi connectivity index (χ0v) is 15.3. The summed E-state index contributed by atoms with van der Waals surface area (Å²) in [5.41, 5.74) is 5.21. The van der Waals surface area contributed by atoms with Gasteiger partial charge in [0.1, 0.15) is 12.7 Å². The van der Waals surface area contributed by atoms with Crippen LogP contribution < -0.4 is 0 Å². The van der Waals surface area contributed by atoms with E-state index in [1.807, 2.05) is 11.3 Å². The minimum atomic E-state index is 0.391. The zero-order chi connectivity index (χ0) is 17.5. The SMILES string of the molecule is CN1Cc2cc(-c3ncncn3)ccc2C(c2ccc3ccsc3c2)C1. The van der Waals surface area contributed by atoms with Gasteiger partial charge in [-0.25, -0.2) is 15.0 Å². The van der Waals surface area contributed by atoms with Crippen LogP contribution in [0.4, 0.5) is 0 Å². The largest absolute Gasteiger partial charge is 0.301 e. The number of aromatic nitrogens is 3. The first-order valence-corrected chi connectivity index (χ1v) is 9.57. The lowest BCUT2D eigenvalue weighted by atomic mass is 9.84. The summed E-state index contributed by atoms with van der Waals surface area (Å²) in [5.74, 6) is 1.12. The first-order chi connectivity index (χ1) is 12.8. The van der Waals surface area contributed by atoms with Crippen LogP contribution >= 0.6 is 11.3 Å². The summed E-state index contributed by atoms with van der Waals surface area (Å²) < 4.78 is 1.36. The highest BCUT2D eigenvalue weighted by molar-refractivity contribution is 7.17. The molecule has 0 fully saturated rings. The zero-order valence-electron chi connectivity index (χ0n) is 14.5. The van der Waals surface area contributed by atoms with Crippen LogP contribution in [0.1, 0.15) is 22.6 Å². The predicted molar refractivity (Wildman–Crippen MR) is 105 cm³/mol. The van der Waals surface area contributed by atoms with Crippen molar-refractivity contribution in [2.24, 2.45) is 0 Å². The number of hydrogen-bond donors (Lipinski definition) is 0. The smallest absolute Gasteiger partial charge is 0.162 e. The molecule has 0 spiro atoms. The van der Waals surface area contributed by atoms with E-state index in [1.165, 1.54) is 26.8 Å². The third kappa shape index (κ3) is 2.69. The summed E-state index contributed by atoms with van der Waals surface area (Å²) in [4.78, 5) is 14.9. The van der Waals surface area contributed by atoms with E-state index >= 15 is 0 Å². The fourth-order valence-electron chi connectivity index (χ4n) is 3.85. The Labute approximate surface area is 156 Å². The van der Waals surface area contributed by atoms with Gasteiger partial charge in [-0.2, -0.15) is 0 Å². The second-order valence-electron chi connectivity index (χ2n) is 6.84. The Bertz CT molecular complexity index is 1070. The summed E-state index contributed by atoms with van der Waals surface area (Å²) >= 11 is 1.81. The number of rotatable bonds is 2. The lowest BCUT2D eigenvalue weighted by Gasteiger charge is -2.33. The molecule has 5 heteroatoms. The van der Waals surface area contributed by atoms with Crippen molar-refractivity contribution in [3.05, 3.63) is 77.2 Å². The van der Waals surface area contributed by atoms with E-state index in [2.05, 4.69) is 74.7 Å². The van der Waals surface area contributed by atoms with Crippen LogP contribution in [0.25, 0.3) is 21.5 Å². The fraction of sp³-hybridized carbons (Fsp3) is 0.190. The molecule has 0 bridgehead atoms. The normalized spacial score (nSPS) is 17.3. The maximum atomic E-state index is 4.29. The van der Waals surface area contributed by atoms with Gasteiger partial charge in [-0.05, 0) is 52.7 Å². The quantitative estimate of drug-likeness (QED) is 0.535. The minimum absolute atomic E-state index is 0.391.